The minimum atomic E-state index is 0.706. The average Bonchev–Trinajstić information content (AvgIpc) is 2.98. The number of imidazole rings is 1. The van der Waals surface area contributed by atoms with Crippen LogP contribution in [0.25, 0.3) is 0 Å². The Bertz CT molecular complexity index is 341. The Labute approximate surface area is 110 Å². The number of aryl methyl sites for hydroxylation is 1. The van der Waals surface area contributed by atoms with E-state index in [2.05, 4.69) is 33.7 Å². The van der Waals surface area contributed by atoms with Gasteiger partial charge < -0.3 is 14.8 Å². The van der Waals surface area contributed by atoms with E-state index in [1.165, 1.54) is 44.7 Å². The van der Waals surface area contributed by atoms with Gasteiger partial charge in [0.05, 0.1) is 0 Å². The van der Waals surface area contributed by atoms with Crippen LogP contribution in [0.2, 0.25) is 0 Å². The van der Waals surface area contributed by atoms with E-state index in [0.29, 0.717) is 6.04 Å². The van der Waals surface area contributed by atoms with Crippen LogP contribution in [0.3, 0.4) is 0 Å². The zero-order valence-corrected chi connectivity index (χ0v) is 11.7. The van der Waals surface area contributed by atoms with Crippen molar-refractivity contribution < 1.29 is 0 Å². The van der Waals surface area contributed by atoms with E-state index in [0.717, 1.165) is 13.0 Å². The molecule has 1 atom stereocenters. The second-order valence-electron chi connectivity index (χ2n) is 5.30. The third-order valence-corrected chi connectivity index (χ3v) is 3.75. The van der Waals surface area contributed by atoms with E-state index in [9.17, 15) is 0 Å². The van der Waals surface area contributed by atoms with Crippen LogP contribution in [0.5, 0.6) is 0 Å². The molecule has 2 rings (SSSR count). The first-order chi connectivity index (χ1) is 8.79. The van der Waals surface area contributed by atoms with Crippen LogP contribution >= 0.6 is 0 Å². The zero-order chi connectivity index (χ0) is 12.8. The molecule has 1 fully saturated rings. The summed E-state index contributed by atoms with van der Waals surface area (Å²) in [6.07, 6.45) is 8.87. The van der Waals surface area contributed by atoms with Gasteiger partial charge in [0.15, 0.2) is 0 Å². The topological polar surface area (TPSA) is 33.1 Å². The lowest BCUT2D eigenvalue weighted by Gasteiger charge is -2.25. The molecule has 1 aromatic heterocycles. The molecule has 0 saturated carbocycles. The fourth-order valence-corrected chi connectivity index (χ4v) is 2.73. The van der Waals surface area contributed by atoms with Crippen molar-refractivity contribution in [3.63, 3.8) is 0 Å². The van der Waals surface area contributed by atoms with Gasteiger partial charge in [-0.2, -0.15) is 0 Å². The number of aromatic nitrogens is 2. The fourth-order valence-electron chi connectivity index (χ4n) is 2.73. The lowest BCUT2D eigenvalue weighted by atomic mass is 10.2. The summed E-state index contributed by atoms with van der Waals surface area (Å²) in [6, 6.07) is 0.706. The highest BCUT2D eigenvalue weighted by atomic mass is 15.2. The van der Waals surface area contributed by atoms with Crippen LogP contribution in [0.15, 0.2) is 12.4 Å². The standard InChI is InChI=1S/C14H26N4/c1-3-9-18(12-13-5-4-7-15-13)10-6-14-16-8-11-17(14)2/h8,11,13,15H,3-7,9-10,12H2,1-2H3. The van der Waals surface area contributed by atoms with E-state index in [1.54, 1.807) is 0 Å². The van der Waals surface area contributed by atoms with E-state index in [-0.39, 0.29) is 0 Å². The maximum absolute atomic E-state index is 4.40. The van der Waals surface area contributed by atoms with Crippen molar-refractivity contribution in [2.75, 3.05) is 26.2 Å². The van der Waals surface area contributed by atoms with Crippen molar-refractivity contribution in [2.24, 2.45) is 7.05 Å². The molecule has 0 radical (unpaired) electrons. The predicted molar refractivity (Wildman–Crippen MR) is 74.7 cm³/mol. The highest BCUT2D eigenvalue weighted by Gasteiger charge is 2.17. The summed E-state index contributed by atoms with van der Waals surface area (Å²) in [4.78, 5) is 6.98. The van der Waals surface area contributed by atoms with Gasteiger partial charge in [-0.3, -0.25) is 0 Å². The summed E-state index contributed by atoms with van der Waals surface area (Å²) in [7, 11) is 2.07. The second kappa shape index (κ2) is 6.90. The van der Waals surface area contributed by atoms with Gasteiger partial charge in [-0.15, -0.1) is 0 Å². The van der Waals surface area contributed by atoms with Gasteiger partial charge in [-0.25, -0.2) is 4.98 Å². The summed E-state index contributed by atoms with van der Waals surface area (Å²) in [5.74, 6) is 1.19. The summed E-state index contributed by atoms with van der Waals surface area (Å²) < 4.78 is 2.12. The third kappa shape index (κ3) is 3.82. The first-order valence-corrected chi connectivity index (χ1v) is 7.21. The van der Waals surface area contributed by atoms with Crippen molar-refractivity contribution in [3.05, 3.63) is 18.2 Å². The van der Waals surface area contributed by atoms with Gasteiger partial charge in [0.25, 0.3) is 0 Å². The van der Waals surface area contributed by atoms with Gasteiger partial charge in [0.1, 0.15) is 5.82 Å². The van der Waals surface area contributed by atoms with Crippen LogP contribution < -0.4 is 5.32 Å². The third-order valence-electron chi connectivity index (χ3n) is 3.75. The molecule has 0 spiro atoms. The molecule has 102 valence electrons. The van der Waals surface area contributed by atoms with Crippen molar-refractivity contribution in [3.8, 4) is 0 Å². The molecule has 0 amide bonds. The Morgan fingerprint density at radius 3 is 3.00 bits per heavy atom. The van der Waals surface area contributed by atoms with Gasteiger partial charge in [0.2, 0.25) is 0 Å². The molecular formula is C14H26N4. The summed E-state index contributed by atoms with van der Waals surface area (Å²) >= 11 is 0. The summed E-state index contributed by atoms with van der Waals surface area (Å²) in [5.41, 5.74) is 0. The molecular weight excluding hydrogens is 224 g/mol. The molecule has 0 aromatic carbocycles. The monoisotopic (exact) mass is 250 g/mol. The van der Waals surface area contributed by atoms with E-state index in [4.69, 9.17) is 0 Å². The van der Waals surface area contributed by atoms with E-state index >= 15 is 0 Å². The minimum Gasteiger partial charge on any atom is -0.338 e. The van der Waals surface area contributed by atoms with Crippen LogP contribution in [0.4, 0.5) is 0 Å². The molecule has 1 aromatic rings. The largest absolute Gasteiger partial charge is 0.338 e. The molecule has 1 unspecified atom stereocenters. The fraction of sp³-hybridized carbons (Fsp3) is 0.786. The van der Waals surface area contributed by atoms with Gasteiger partial charge in [-0.05, 0) is 32.4 Å². The first kappa shape index (κ1) is 13.6. The second-order valence-corrected chi connectivity index (χ2v) is 5.30. The Morgan fingerprint density at radius 1 is 1.50 bits per heavy atom. The quantitative estimate of drug-likeness (QED) is 0.794. The Morgan fingerprint density at radius 2 is 2.39 bits per heavy atom. The molecule has 4 nitrogen and oxygen atoms in total. The van der Waals surface area contributed by atoms with E-state index in [1.807, 2.05) is 12.4 Å². The van der Waals surface area contributed by atoms with Gasteiger partial charge in [-0.1, -0.05) is 6.92 Å². The Kier molecular flexibility index (Phi) is 5.20. The molecule has 18 heavy (non-hydrogen) atoms. The predicted octanol–water partition coefficient (Wildman–Crippen LogP) is 1.43. The SMILES string of the molecule is CCCN(CCc1nccn1C)CC1CCCN1. The number of nitrogens with zero attached hydrogens (tertiary/aromatic N) is 3. The van der Waals surface area contributed by atoms with Crippen LogP contribution in [0, 0.1) is 0 Å². The smallest absolute Gasteiger partial charge is 0.109 e. The lowest BCUT2D eigenvalue weighted by Crippen LogP contribution is -2.39. The van der Waals surface area contributed by atoms with E-state index < -0.39 is 0 Å². The first-order valence-electron chi connectivity index (χ1n) is 7.21. The number of rotatable bonds is 7. The Balaban J connectivity index is 1.79. The van der Waals surface area contributed by atoms with Gasteiger partial charge in [0, 0.05) is 45.0 Å². The number of hydrogen-bond donors (Lipinski definition) is 1. The molecule has 1 aliphatic rings. The zero-order valence-electron chi connectivity index (χ0n) is 11.7. The maximum Gasteiger partial charge on any atom is 0.109 e. The molecule has 1 saturated heterocycles. The molecule has 4 heteroatoms. The van der Waals surface area contributed by atoms with Crippen molar-refractivity contribution in [1.29, 1.82) is 0 Å². The van der Waals surface area contributed by atoms with Crippen LogP contribution in [-0.2, 0) is 13.5 Å². The highest BCUT2D eigenvalue weighted by Crippen LogP contribution is 2.08. The van der Waals surface area contributed by atoms with Crippen molar-refractivity contribution in [2.45, 2.75) is 38.6 Å². The molecule has 0 bridgehead atoms. The normalized spacial score (nSPS) is 19.8. The summed E-state index contributed by atoms with van der Waals surface area (Å²) in [5, 5.41) is 3.59. The lowest BCUT2D eigenvalue weighted by molar-refractivity contribution is 0.250. The molecule has 2 heterocycles. The maximum atomic E-state index is 4.40. The minimum absolute atomic E-state index is 0.706. The highest BCUT2D eigenvalue weighted by molar-refractivity contribution is 4.92. The molecule has 1 N–H and O–H groups in total. The van der Waals surface area contributed by atoms with Crippen molar-refractivity contribution >= 4 is 0 Å². The number of hydrogen-bond acceptors (Lipinski definition) is 3. The molecule has 0 aliphatic carbocycles. The summed E-state index contributed by atoms with van der Waals surface area (Å²) in [6.45, 7) is 6.97. The van der Waals surface area contributed by atoms with Crippen LogP contribution in [0.1, 0.15) is 32.0 Å². The average molecular weight is 250 g/mol. The van der Waals surface area contributed by atoms with Crippen molar-refractivity contribution in [1.82, 2.24) is 19.8 Å². The molecule has 1 aliphatic heterocycles. The number of nitrogens with one attached hydrogen (secondary N) is 1. The Hall–Kier alpha value is -0.870. The van der Waals surface area contributed by atoms with Gasteiger partial charge >= 0.3 is 0 Å². The van der Waals surface area contributed by atoms with Crippen LogP contribution in [-0.4, -0.2) is 46.7 Å².